The number of hydrogen-bond acceptors (Lipinski definition) is 4. The smallest absolute Gasteiger partial charge is 0.241 e. The molecule has 1 fully saturated rings. The second kappa shape index (κ2) is 9.53. The van der Waals surface area contributed by atoms with Crippen LogP contribution in [-0.4, -0.2) is 43.0 Å². The van der Waals surface area contributed by atoms with Crippen LogP contribution in [0.2, 0.25) is 0 Å². The molecule has 0 spiro atoms. The number of carbonyl (C=O) groups excluding carboxylic acids is 1. The van der Waals surface area contributed by atoms with Crippen molar-refractivity contribution >= 4 is 11.6 Å². The number of nitrogens with zero attached hydrogens (tertiary/aromatic N) is 1. The third-order valence-corrected chi connectivity index (χ3v) is 5.16. The van der Waals surface area contributed by atoms with Crippen molar-refractivity contribution in [1.82, 2.24) is 10.2 Å². The van der Waals surface area contributed by atoms with E-state index in [0.717, 1.165) is 36.5 Å². The lowest BCUT2D eigenvalue weighted by Crippen LogP contribution is -2.51. The number of anilines is 1. The maximum Gasteiger partial charge on any atom is 0.241 e. The van der Waals surface area contributed by atoms with E-state index in [1.165, 1.54) is 6.42 Å². The molecule has 2 aromatic rings. The molecular weight excluding hydrogens is 338 g/mol. The molecule has 144 valence electrons. The topological polar surface area (TPSA) is 53.6 Å². The molecule has 2 N–H and O–H groups in total. The molecule has 2 aromatic carbocycles. The SMILES string of the molecule is CNC1CCCN(C(C)C(=O)Nc2ccc(OCc3ccccc3)cc2)C1. The molecule has 0 bridgehead atoms. The average Bonchev–Trinajstić information content (AvgIpc) is 2.73. The number of carbonyl (C=O) groups is 1. The molecule has 1 aliphatic rings. The fourth-order valence-electron chi connectivity index (χ4n) is 3.38. The quantitative estimate of drug-likeness (QED) is 0.789. The number of amides is 1. The Labute approximate surface area is 161 Å². The maximum atomic E-state index is 12.6. The van der Waals surface area contributed by atoms with Crippen molar-refractivity contribution in [2.75, 3.05) is 25.5 Å². The van der Waals surface area contributed by atoms with Crippen LogP contribution in [0, 0.1) is 0 Å². The van der Waals surface area contributed by atoms with Gasteiger partial charge in [0.25, 0.3) is 0 Å². The van der Waals surface area contributed by atoms with E-state index in [4.69, 9.17) is 4.74 Å². The first kappa shape index (κ1) is 19.4. The standard InChI is InChI=1S/C22H29N3O2/c1-17(25-14-6-9-20(15-25)23-2)22(26)24-19-10-12-21(13-11-19)27-16-18-7-4-3-5-8-18/h3-5,7-8,10-13,17,20,23H,6,9,14-16H2,1-2H3,(H,24,26). The molecular formula is C22H29N3O2. The van der Waals surface area contributed by atoms with Crippen molar-refractivity contribution in [1.29, 1.82) is 0 Å². The van der Waals surface area contributed by atoms with Gasteiger partial charge < -0.3 is 15.4 Å². The summed E-state index contributed by atoms with van der Waals surface area (Å²) in [4.78, 5) is 14.8. The van der Waals surface area contributed by atoms with Gasteiger partial charge in [-0.2, -0.15) is 0 Å². The summed E-state index contributed by atoms with van der Waals surface area (Å²) in [5.74, 6) is 0.822. The van der Waals surface area contributed by atoms with E-state index >= 15 is 0 Å². The Morgan fingerprint density at radius 1 is 1.19 bits per heavy atom. The molecule has 2 atom stereocenters. The first-order valence-corrected chi connectivity index (χ1v) is 9.64. The second-order valence-electron chi connectivity index (χ2n) is 7.09. The summed E-state index contributed by atoms with van der Waals surface area (Å²) in [6, 6.07) is 17.9. The summed E-state index contributed by atoms with van der Waals surface area (Å²) in [5, 5.41) is 6.34. The number of rotatable bonds is 7. The highest BCUT2D eigenvalue weighted by Crippen LogP contribution is 2.19. The first-order chi connectivity index (χ1) is 13.2. The summed E-state index contributed by atoms with van der Waals surface area (Å²) in [5.41, 5.74) is 1.92. The fourth-order valence-corrected chi connectivity index (χ4v) is 3.38. The van der Waals surface area contributed by atoms with Gasteiger partial charge in [-0.1, -0.05) is 30.3 Å². The number of nitrogens with one attached hydrogen (secondary N) is 2. The van der Waals surface area contributed by atoms with E-state index in [0.29, 0.717) is 12.6 Å². The normalized spacial score (nSPS) is 18.7. The molecule has 0 aromatic heterocycles. The van der Waals surface area contributed by atoms with Crippen molar-refractivity contribution in [2.45, 2.75) is 38.5 Å². The summed E-state index contributed by atoms with van der Waals surface area (Å²) >= 11 is 0. The Balaban J connectivity index is 1.50. The number of hydrogen-bond donors (Lipinski definition) is 2. The molecule has 1 saturated heterocycles. The lowest BCUT2D eigenvalue weighted by atomic mass is 10.0. The van der Waals surface area contributed by atoms with Gasteiger partial charge in [0.15, 0.2) is 0 Å². The molecule has 5 heteroatoms. The van der Waals surface area contributed by atoms with E-state index in [9.17, 15) is 4.79 Å². The third-order valence-electron chi connectivity index (χ3n) is 5.16. The minimum Gasteiger partial charge on any atom is -0.489 e. The zero-order chi connectivity index (χ0) is 19.1. The molecule has 0 saturated carbocycles. The number of benzene rings is 2. The average molecular weight is 367 g/mol. The van der Waals surface area contributed by atoms with Gasteiger partial charge in [-0.3, -0.25) is 9.69 Å². The molecule has 5 nitrogen and oxygen atoms in total. The van der Waals surface area contributed by atoms with Crippen molar-refractivity contribution in [3.8, 4) is 5.75 Å². The van der Waals surface area contributed by atoms with Gasteiger partial charge in [0.05, 0.1) is 6.04 Å². The van der Waals surface area contributed by atoms with E-state index in [1.54, 1.807) is 0 Å². The number of likely N-dealkylation sites (tertiary alicyclic amines) is 1. The van der Waals surface area contributed by atoms with Gasteiger partial charge in [0.2, 0.25) is 5.91 Å². The van der Waals surface area contributed by atoms with Crippen molar-refractivity contribution in [2.24, 2.45) is 0 Å². The largest absolute Gasteiger partial charge is 0.489 e. The minimum atomic E-state index is -0.143. The second-order valence-corrected chi connectivity index (χ2v) is 7.09. The molecule has 3 rings (SSSR count). The highest BCUT2D eigenvalue weighted by atomic mass is 16.5. The highest BCUT2D eigenvalue weighted by molar-refractivity contribution is 5.94. The Hall–Kier alpha value is -2.37. The lowest BCUT2D eigenvalue weighted by Gasteiger charge is -2.35. The van der Waals surface area contributed by atoms with Crippen molar-refractivity contribution in [3.05, 3.63) is 60.2 Å². The van der Waals surface area contributed by atoms with Crippen LogP contribution in [0.3, 0.4) is 0 Å². The van der Waals surface area contributed by atoms with Gasteiger partial charge in [-0.15, -0.1) is 0 Å². The van der Waals surface area contributed by atoms with Gasteiger partial charge >= 0.3 is 0 Å². The predicted octanol–water partition coefficient (Wildman–Crippen LogP) is 3.28. The summed E-state index contributed by atoms with van der Waals surface area (Å²) in [6.45, 7) is 4.40. The highest BCUT2D eigenvalue weighted by Gasteiger charge is 2.26. The monoisotopic (exact) mass is 367 g/mol. The van der Waals surface area contributed by atoms with Crippen LogP contribution in [-0.2, 0) is 11.4 Å². The summed E-state index contributed by atoms with van der Waals surface area (Å²) in [6.07, 6.45) is 2.29. The zero-order valence-electron chi connectivity index (χ0n) is 16.2. The Morgan fingerprint density at radius 2 is 1.93 bits per heavy atom. The number of likely N-dealkylation sites (N-methyl/N-ethyl adjacent to an activating group) is 1. The van der Waals surface area contributed by atoms with E-state index in [-0.39, 0.29) is 11.9 Å². The van der Waals surface area contributed by atoms with Crippen molar-refractivity contribution in [3.63, 3.8) is 0 Å². The molecule has 0 radical (unpaired) electrons. The lowest BCUT2D eigenvalue weighted by molar-refractivity contribution is -0.121. The fraction of sp³-hybridized carbons (Fsp3) is 0.409. The number of piperidine rings is 1. The summed E-state index contributed by atoms with van der Waals surface area (Å²) < 4.78 is 5.79. The van der Waals surface area contributed by atoms with Crippen LogP contribution in [0.1, 0.15) is 25.3 Å². The van der Waals surface area contributed by atoms with Gasteiger partial charge in [0.1, 0.15) is 12.4 Å². The predicted molar refractivity (Wildman–Crippen MR) is 109 cm³/mol. The Morgan fingerprint density at radius 3 is 2.63 bits per heavy atom. The van der Waals surface area contributed by atoms with Crippen LogP contribution in [0.5, 0.6) is 5.75 Å². The molecule has 27 heavy (non-hydrogen) atoms. The van der Waals surface area contributed by atoms with Crippen LogP contribution in [0.4, 0.5) is 5.69 Å². The van der Waals surface area contributed by atoms with Gasteiger partial charge in [-0.25, -0.2) is 0 Å². The van der Waals surface area contributed by atoms with Gasteiger partial charge in [-0.05, 0) is 63.2 Å². The van der Waals surface area contributed by atoms with Crippen molar-refractivity contribution < 1.29 is 9.53 Å². The minimum absolute atomic E-state index is 0.0321. The Bertz CT molecular complexity index is 718. The molecule has 1 aliphatic heterocycles. The molecule has 2 unspecified atom stereocenters. The Kier molecular flexibility index (Phi) is 6.85. The maximum absolute atomic E-state index is 12.6. The van der Waals surface area contributed by atoms with E-state index in [2.05, 4.69) is 15.5 Å². The van der Waals surface area contributed by atoms with Crippen LogP contribution >= 0.6 is 0 Å². The van der Waals surface area contributed by atoms with E-state index in [1.807, 2.05) is 68.6 Å². The van der Waals surface area contributed by atoms with Crippen LogP contribution < -0.4 is 15.4 Å². The number of ether oxygens (including phenoxy) is 1. The first-order valence-electron chi connectivity index (χ1n) is 9.64. The summed E-state index contributed by atoms with van der Waals surface area (Å²) in [7, 11) is 1.99. The van der Waals surface area contributed by atoms with Crippen LogP contribution in [0.25, 0.3) is 0 Å². The van der Waals surface area contributed by atoms with Gasteiger partial charge in [0, 0.05) is 18.3 Å². The molecule has 0 aliphatic carbocycles. The van der Waals surface area contributed by atoms with Crippen LogP contribution in [0.15, 0.2) is 54.6 Å². The third kappa shape index (κ3) is 5.55. The van der Waals surface area contributed by atoms with E-state index < -0.39 is 0 Å². The zero-order valence-corrected chi connectivity index (χ0v) is 16.2. The molecule has 1 amide bonds. The molecule has 1 heterocycles.